The smallest absolute Gasteiger partial charge is 0.360 e. The van der Waals surface area contributed by atoms with Crippen molar-refractivity contribution in [3.8, 4) is 0 Å². The predicted molar refractivity (Wildman–Crippen MR) is 148 cm³/mol. The van der Waals surface area contributed by atoms with Crippen LogP contribution in [0.15, 0.2) is 80.2 Å². The van der Waals surface area contributed by atoms with Crippen molar-refractivity contribution in [2.45, 2.75) is 49.3 Å². The number of carbonyl (C=O) groups excluding carboxylic acids is 1. The first kappa shape index (κ1) is 32.0. The summed E-state index contributed by atoms with van der Waals surface area (Å²) in [5.74, 6) is -2.55. The molecule has 45 heavy (non-hydrogen) atoms. The molecule has 0 N–H and O–H groups in total. The molecule has 2 atom stereocenters. The van der Waals surface area contributed by atoms with Gasteiger partial charge in [-0.05, 0) is 35.7 Å². The van der Waals surface area contributed by atoms with Gasteiger partial charge in [-0.1, -0.05) is 65.5 Å². The van der Waals surface area contributed by atoms with E-state index >= 15 is 26.3 Å². The van der Waals surface area contributed by atoms with Crippen LogP contribution in [-0.4, -0.2) is 38.5 Å². The third kappa shape index (κ3) is 4.35. The first-order valence-corrected chi connectivity index (χ1v) is 14.7. The molecule has 2 aliphatic rings. The lowest BCUT2D eigenvalue weighted by atomic mass is 9.79. The number of ether oxygens (including phenoxy) is 2. The van der Waals surface area contributed by atoms with E-state index in [0.29, 0.717) is 24.9 Å². The van der Waals surface area contributed by atoms with E-state index in [1.807, 2.05) is 0 Å². The molecular formula is C30H16ClF9O3S2. The Morgan fingerprint density at radius 2 is 1.27 bits per heavy atom. The van der Waals surface area contributed by atoms with Crippen molar-refractivity contribution in [3.63, 3.8) is 0 Å². The van der Waals surface area contributed by atoms with Crippen LogP contribution in [0.2, 0.25) is 5.02 Å². The molecule has 4 aromatic rings. The average molecular weight is 695 g/mol. The predicted octanol–water partition coefficient (Wildman–Crippen LogP) is 10.1. The van der Waals surface area contributed by atoms with Gasteiger partial charge in [-0.15, -0.1) is 0 Å². The minimum absolute atomic E-state index is 0.0143. The summed E-state index contributed by atoms with van der Waals surface area (Å²) in [7, 11) is 1.50. The number of fused-ring (bicyclic) bond motifs is 7. The first-order valence-electron chi connectivity index (χ1n) is 12.7. The summed E-state index contributed by atoms with van der Waals surface area (Å²) in [6.45, 7) is 0. The van der Waals surface area contributed by atoms with Crippen LogP contribution in [0.4, 0.5) is 39.5 Å². The molecule has 0 aromatic heterocycles. The van der Waals surface area contributed by atoms with E-state index in [1.54, 1.807) is 0 Å². The van der Waals surface area contributed by atoms with Gasteiger partial charge in [0.1, 0.15) is 0 Å². The van der Waals surface area contributed by atoms with Crippen molar-refractivity contribution in [2.75, 3.05) is 14.2 Å². The minimum atomic E-state index is -5.61. The molecule has 0 amide bonds. The van der Waals surface area contributed by atoms with Gasteiger partial charge >= 0.3 is 18.5 Å². The number of ketones is 1. The Morgan fingerprint density at radius 3 is 1.87 bits per heavy atom. The van der Waals surface area contributed by atoms with Crippen molar-refractivity contribution in [2.24, 2.45) is 0 Å². The summed E-state index contributed by atoms with van der Waals surface area (Å²) < 4.78 is 143. The maximum atomic E-state index is 15.1. The second kappa shape index (κ2) is 10.3. The van der Waals surface area contributed by atoms with Crippen LogP contribution in [0, 0.1) is 0 Å². The van der Waals surface area contributed by atoms with E-state index in [-0.39, 0.29) is 30.7 Å². The van der Waals surface area contributed by atoms with E-state index < -0.39 is 68.0 Å². The van der Waals surface area contributed by atoms with E-state index in [2.05, 4.69) is 0 Å². The number of hydrogen-bond donors (Lipinski definition) is 0. The number of hydrogen-bond acceptors (Lipinski definition) is 5. The highest BCUT2D eigenvalue weighted by Crippen LogP contribution is 2.62. The summed E-state index contributed by atoms with van der Waals surface area (Å²) in [5, 5.41) is -1.03. The Hall–Kier alpha value is -2.91. The maximum Gasteiger partial charge on any atom is 0.454 e. The normalized spacial score (nSPS) is 21.2. The molecule has 236 valence electrons. The van der Waals surface area contributed by atoms with Gasteiger partial charge in [0.15, 0.2) is 0 Å². The van der Waals surface area contributed by atoms with Crippen LogP contribution in [0.1, 0.15) is 32.6 Å². The van der Waals surface area contributed by atoms with Gasteiger partial charge in [0, 0.05) is 72.0 Å². The number of benzene rings is 4. The van der Waals surface area contributed by atoms with Gasteiger partial charge in [-0.3, -0.25) is 4.79 Å². The molecule has 15 heteroatoms. The quantitative estimate of drug-likeness (QED) is 0.158. The molecule has 0 saturated carbocycles. The van der Waals surface area contributed by atoms with Crippen molar-refractivity contribution in [3.05, 3.63) is 93.5 Å². The number of Topliss-reactive ketones (excluding diaryl/α,β-unsaturated/α-hetero) is 1. The Bertz CT molecular complexity index is 1910. The third-order valence-corrected chi connectivity index (χ3v) is 10.5. The fraction of sp³-hybridized carbons (Fsp3) is 0.233. The summed E-state index contributed by atoms with van der Waals surface area (Å²) >= 11 is 7.42. The first-order chi connectivity index (χ1) is 20.9. The van der Waals surface area contributed by atoms with Crippen molar-refractivity contribution >= 4 is 51.7 Å². The SMILES string of the molecule is COC1(C(F)(F)F)c2cc(Cl)ccc2Sc2c1cc(C(=O)C(F)(F)F)c1c3c(ccc21)C(OC)(C(F)(F)F)c1ccccc1S3. The number of carbonyl (C=O) groups is 1. The molecule has 0 aliphatic carbocycles. The highest BCUT2D eigenvalue weighted by Gasteiger charge is 2.64. The Labute approximate surface area is 262 Å². The fourth-order valence-electron chi connectivity index (χ4n) is 6.06. The lowest BCUT2D eigenvalue weighted by Crippen LogP contribution is -2.47. The second-order valence-electron chi connectivity index (χ2n) is 10.1. The summed E-state index contributed by atoms with van der Waals surface area (Å²) in [4.78, 5) is 12.3. The molecular weight excluding hydrogens is 679 g/mol. The summed E-state index contributed by atoms with van der Waals surface area (Å²) in [5.41, 5.74) is -10.2. The van der Waals surface area contributed by atoms with Crippen LogP contribution >= 0.6 is 35.1 Å². The maximum absolute atomic E-state index is 15.1. The Morgan fingerprint density at radius 1 is 0.689 bits per heavy atom. The van der Waals surface area contributed by atoms with Crippen LogP contribution in [0.3, 0.4) is 0 Å². The minimum Gasteiger partial charge on any atom is -0.360 e. The zero-order valence-electron chi connectivity index (χ0n) is 22.6. The average Bonchev–Trinajstić information content (AvgIpc) is 2.96. The van der Waals surface area contributed by atoms with Crippen molar-refractivity contribution in [1.82, 2.24) is 0 Å². The third-order valence-electron chi connectivity index (χ3n) is 7.89. The standard InChI is InChI=1S/C30H16ClF9O3S2/c1-42-26(29(35,36)37)16-5-3-4-6-20(16)45-24-17(26)9-8-14-22(24)15(25(41)28(32,33)34)12-19-23(14)44-21-10-7-13(31)11-18(21)27(19,43-2)30(38,39)40/h3-12H,1-2H3. The van der Waals surface area contributed by atoms with E-state index in [1.165, 1.54) is 30.3 Å². The molecule has 0 radical (unpaired) electrons. The van der Waals surface area contributed by atoms with Gasteiger partial charge < -0.3 is 9.47 Å². The molecule has 0 fully saturated rings. The van der Waals surface area contributed by atoms with Crippen LogP contribution in [0.25, 0.3) is 10.8 Å². The van der Waals surface area contributed by atoms with Gasteiger partial charge in [0.05, 0.1) is 0 Å². The van der Waals surface area contributed by atoms with E-state index in [0.717, 1.165) is 43.1 Å². The second-order valence-corrected chi connectivity index (χ2v) is 12.6. The molecule has 3 nitrogen and oxygen atoms in total. The van der Waals surface area contributed by atoms with Gasteiger partial charge in [-0.25, -0.2) is 0 Å². The van der Waals surface area contributed by atoms with Gasteiger partial charge in [-0.2, -0.15) is 39.5 Å². The number of alkyl halides is 9. The van der Waals surface area contributed by atoms with E-state index in [9.17, 15) is 18.0 Å². The molecule has 0 saturated heterocycles. The lowest BCUT2D eigenvalue weighted by molar-refractivity contribution is -0.260. The van der Waals surface area contributed by atoms with Gasteiger partial charge in [0.25, 0.3) is 5.78 Å². The molecule has 2 aliphatic heterocycles. The van der Waals surface area contributed by atoms with Crippen LogP contribution in [0.5, 0.6) is 0 Å². The molecule has 0 spiro atoms. The number of methoxy groups -OCH3 is 2. The summed E-state index contributed by atoms with van der Waals surface area (Å²) in [6.07, 6.45) is -16.1. The van der Waals surface area contributed by atoms with Gasteiger partial charge in [0.2, 0.25) is 11.2 Å². The summed E-state index contributed by atoms with van der Waals surface area (Å²) in [6, 6.07) is 11.1. The molecule has 6 rings (SSSR count). The topological polar surface area (TPSA) is 35.5 Å². The largest absolute Gasteiger partial charge is 0.454 e. The van der Waals surface area contributed by atoms with Crippen LogP contribution < -0.4 is 0 Å². The highest BCUT2D eigenvalue weighted by atomic mass is 35.5. The number of halogens is 10. The van der Waals surface area contributed by atoms with Crippen LogP contribution in [-0.2, 0) is 20.7 Å². The fourth-order valence-corrected chi connectivity index (χ4v) is 8.82. The number of rotatable bonds is 3. The Balaban J connectivity index is 1.82. The lowest BCUT2D eigenvalue weighted by Gasteiger charge is -2.42. The monoisotopic (exact) mass is 694 g/mol. The zero-order valence-corrected chi connectivity index (χ0v) is 25.0. The molecule has 0 bridgehead atoms. The van der Waals surface area contributed by atoms with Crippen molar-refractivity contribution < 1.29 is 53.8 Å². The molecule has 2 heterocycles. The molecule has 2 unspecified atom stereocenters. The van der Waals surface area contributed by atoms with Crippen molar-refractivity contribution in [1.29, 1.82) is 0 Å². The van der Waals surface area contributed by atoms with E-state index in [4.69, 9.17) is 21.1 Å². The molecule has 4 aromatic carbocycles. The Kier molecular flexibility index (Phi) is 7.33. The highest BCUT2D eigenvalue weighted by molar-refractivity contribution is 8.00. The zero-order chi connectivity index (χ0) is 32.9.